The molecular formula is C20H14F6N2O2. The lowest BCUT2D eigenvalue weighted by molar-refractivity contribution is -0.139. The molecule has 0 unspecified atom stereocenters. The van der Waals surface area contributed by atoms with Gasteiger partial charge >= 0.3 is 12.4 Å². The SMILES string of the molecule is CC(COc1cccc(C#N)c1C(F)(F)F)COc1cccc(C#N)c1C(F)(F)F. The monoisotopic (exact) mass is 428 g/mol. The molecule has 0 amide bonds. The second-order valence-electron chi connectivity index (χ2n) is 6.30. The molecule has 2 aromatic carbocycles. The molecule has 30 heavy (non-hydrogen) atoms. The first-order valence-electron chi connectivity index (χ1n) is 8.45. The first-order chi connectivity index (χ1) is 14.0. The van der Waals surface area contributed by atoms with E-state index >= 15 is 0 Å². The minimum Gasteiger partial charge on any atom is -0.492 e. The number of halogens is 6. The van der Waals surface area contributed by atoms with Crippen molar-refractivity contribution in [2.24, 2.45) is 5.92 Å². The van der Waals surface area contributed by atoms with Gasteiger partial charge in [-0.1, -0.05) is 19.1 Å². The molecule has 0 heterocycles. The zero-order chi connectivity index (χ0) is 22.5. The topological polar surface area (TPSA) is 66.0 Å². The van der Waals surface area contributed by atoms with Crippen LogP contribution in [-0.2, 0) is 12.4 Å². The highest BCUT2D eigenvalue weighted by Gasteiger charge is 2.38. The maximum absolute atomic E-state index is 13.2. The van der Waals surface area contributed by atoms with Crippen LogP contribution in [0.1, 0.15) is 29.2 Å². The largest absolute Gasteiger partial charge is 0.492 e. The summed E-state index contributed by atoms with van der Waals surface area (Å²) in [5.74, 6) is -1.73. The summed E-state index contributed by atoms with van der Waals surface area (Å²) in [6, 6.07) is 9.47. The summed E-state index contributed by atoms with van der Waals surface area (Å²) < 4.78 is 89.7. The fraction of sp³-hybridized carbons (Fsp3) is 0.300. The Morgan fingerprint density at radius 2 is 1.13 bits per heavy atom. The Hall–Kier alpha value is -3.40. The molecule has 0 aromatic heterocycles. The van der Waals surface area contributed by atoms with Crippen molar-refractivity contribution in [1.82, 2.24) is 0 Å². The molecule has 0 spiro atoms. The Balaban J connectivity index is 2.13. The van der Waals surface area contributed by atoms with Gasteiger partial charge in [0.25, 0.3) is 0 Å². The number of nitriles is 2. The van der Waals surface area contributed by atoms with Crippen LogP contribution in [0.25, 0.3) is 0 Å². The van der Waals surface area contributed by atoms with Gasteiger partial charge in [-0.3, -0.25) is 0 Å². The molecule has 0 atom stereocenters. The third kappa shape index (κ3) is 5.35. The number of rotatable bonds is 6. The van der Waals surface area contributed by atoms with E-state index in [2.05, 4.69) is 0 Å². The zero-order valence-electron chi connectivity index (χ0n) is 15.4. The van der Waals surface area contributed by atoms with Crippen LogP contribution < -0.4 is 9.47 Å². The summed E-state index contributed by atoms with van der Waals surface area (Å²) in [6.45, 7) is 0.886. The van der Waals surface area contributed by atoms with Crippen LogP contribution in [0.4, 0.5) is 26.3 Å². The second-order valence-corrected chi connectivity index (χ2v) is 6.30. The van der Waals surface area contributed by atoms with Crippen molar-refractivity contribution in [3.05, 3.63) is 58.7 Å². The Morgan fingerprint density at radius 1 is 0.767 bits per heavy atom. The lowest BCUT2D eigenvalue weighted by Crippen LogP contribution is -2.20. The van der Waals surface area contributed by atoms with Crippen molar-refractivity contribution < 1.29 is 35.8 Å². The summed E-state index contributed by atoms with van der Waals surface area (Å²) in [5, 5.41) is 17.8. The van der Waals surface area contributed by atoms with E-state index in [4.69, 9.17) is 20.0 Å². The van der Waals surface area contributed by atoms with Crippen molar-refractivity contribution in [3.8, 4) is 23.6 Å². The highest BCUT2D eigenvalue weighted by molar-refractivity contribution is 5.49. The van der Waals surface area contributed by atoms with E-state index in [0.29, 0.717) is 0 Å². The number of benzene rings is 2. The molecule has 4 nitrogen and oxygen atoms in total. The van der Waals surface area contributed by atoms with Gasteiger partial charge in [0.05, 0.1) is 36.5 Å². The fourth-order valence-corrected chi connectivity index (χ4v) is 2.59. The minimum atomic E-state index is -4.82. The van der Waals surface area contributed by atoms with Gasteiger partial charge in [-0.25, -0.2) is 0 Å². The van der Waals surface area contributed by atoms with E-state index in [9.17, 15) is 26.3 Å². The van der Waals surface area contributed by atoms with Crippen LogP contribution in [-0.4, -0.2) is 13.2 Å². The first kappa shape index (κ1) is 22.9. The van der Waals surface area contributed by atoms with E-state index in [0.717, 1.165) is 24.3 Å². The first-order valence-corrected chi connectivity index (χ1v) is 8.45. The van der Waals surface area contributed by atoms with E-state index in [1.54, 1.807) is 0 Å². The van der Waals surface area contributed by atoms with Gasteiger partial charge in [0.1, 0.15) is 22.6 Å². The van der Waals surface area contributed by atoms with Gasteiger partial charge in [0.15, 0.2) is 0 Å². The zero-order valence-corrected chi connectivity index (χ0v) is 15.4. The molecule has 0 fully saturated rings. The van der Waals surface area contributed by atoms with E-state index < -0.39 is 52.0 Å². The molecule has 158 valence electrons. The highest BCUT2D eigenvalue weighted by atomic mass is 19.4. The summed E-state index contributed by atoms with van der Waals surface area (Å²) in [7, 11) is 0. The standard InChI is InChI=1S/C20H14F6N2O2/c1-12(10-29-15-6-2-4-13(8-27)17(15)19(21,22)23)11-30-16-7-3-5-14(9-28)18(16)20(24,25)26/h2-7,12H,10-11H2,1H3. The Bertz CT molecular complexity index is 907. The average molecular weight is 428 g/mol. The molecule has 0 aliphatic carbocycles. The van der Waals surface area contributed by atoms with Gasteiger partial charge in [-0.15, -0.1) is 0 Å². The van der Waals surface area contributed by atoms with Crippen LogP contribution in [0, 0.1) is 28.6 Å². The molecule has 0 radical (unpaired) electrons. The lowest BCUT2D eigenvalue weighted by atomic mass is 10.1. The van der Waals surface area contributed by atoms with Gasteiger partial charge in [-0.05, 0) is 24.3 Å². The van der Waals surface area contributed by atoms with E-state index in [-0.39, 0.29) is 13.2 Å². The number of nitrogens with zero attached hydrogens (tertiary/aromatic N) is 2. The van der Waals surface area contributed by atoms with Gasteiger partial charge in [0.2, 0.25) is 0 Å². The molecule has 0 N–H and O–H groups in total. The van der Waals surface area contributed by atoms with Gasteiger partial charge in [0, 0.05) is 5.92 Å². The molecular weight excluding hydrogens is 414 g/mol. The average Bonchev–Trinajstić information content (AvgIpc) is 2.68. The van der Waals surface area contributed by atoms with Crippen LogP contribution in [0.5, 0.6) is 11.5 Å². The Morgan fingerprint density at radius 3 is 1.43 bits per heavy atom. The number of ether oxygens (including phenoxy) is 2. The normalized spacial score (nSPS) is 11.7. The van der Waals surface area contributed by atoms with Crippen molar-refractivity contribution in [3.63, 3.8) is 0 Å². The van der Waals surface area contributed by atoms with Crippen molar-refractivity contribution >= 4 is 0 Å². The maximum Gasteiger partial charge on any atom is 0.421 e. The molecule has 0 saturated heterocycles. The predicted octanol–water partition coefficient (Wildman–Crippen LogP) is 5.56. The lowest BCUT2D eigenvalue weighted by Gasteiger charge is -2.19. The summed E-state index contributed by atoms with van der Waals surface area (Å²) >= 11 is 0. The Labute approximate surface area is 167 Å². The highest BCUT2D eigenvalue weighted by Crippen LogP contribution is 2.40. The van der Waals surface area contributed by atoms with Gasteiger partial charge < -0.3 is 9.47 Å². The van der Waals surface area contributed by atoms with Crippen molar-refractivity contribution in [2.45, 2.75) is 19.3 Å². The minimum absolute atomic E-state index is 0.308. The summed E-state index contributed by atoms with van der Waals surface area (Å²) in [4.78, 5) is 0. The molecule has 0 aliphatic rings. The molecule has 0 bridgehead atoms. The number of hydrogen-bond donors (Lipinski definition) is 0. The summed E-state index contributed by atoms with van der Waals surface area (Å²) in [5.41, 5.74) is -3.65. The second kappa shape index (κ2) is 8.95. The fourth-order valence-electron chi connectivity index (χ4n) is 2.59. The third-order valence-corrected chi connectivity index (χ3v) is 3.91. The quantitative estimate of drug-likeness (QED) is 0.565. The van der Waals surface area contributed by atoms with E-state index in [1.165, 1.54) is 31.2 Å². The molecule has 10 heteroatoms. The van der Waals surface area contributed by atoms with Gasteiger partial charge in [-0.2, -0.15) is 36.9 Å². The smallest absolute Gasteiger partial charge is 0.421 e. The van der Waals surface area contributed by atoms with E-state index in [1.807, 2.05) is 0 Å². The number of hydrogen-bond acceptors (Lipinski definition) is 4. The molecule has 0 aliphatic heterocycles. The van der Waals surface area contributed by atoms with Crippen molar-refractivity contribution in [2.75, 3.05) is 13.2 Å². The van der Waals surface area contributed by atoms with Crippen LogP contribution in [0.15, 0.2) is 36.4 Å². The Kier molecular flexibility index (Phi) is 6.83. The third-order valence-electron chi connectivity index (χ3n) is 3.91. The number of alkyl halides is 6. The maximum atomic E-state index is 13.2. The van der Waals surface area contributed by atoms with Crippen LogP contribution >= 0.6 is 0 Å². The molecule has 0 saturated carbocycles. The predicted molar refractivity (Wildman–Crippen MR) is 92.5 cm³/mol. The van der Waals surface area contributed by atoms with Crippen molar-refractivity contribution in [1.29, 1.82) is 10.5 Å². The summed E-state index contributed by atoms with van der Waals surface area (Å²) in [6.07, 6.45) is -9.64. The molecule has 2 aromatic rings. The molecule has 2 rings (SSSR count). The van der Waals surface area contributed by atoms with Crippen LogP contribution in [0.2, 0.25) is 0 Å². The van der Waals surface area contributed by atoms with Crippen LogP contribution in [0.3, 0.4) is 0 Å².